The van der Waals surface area contributed by atoms with Gasteiger partial charge in [0.1, 0.15) is 5.58 Å². The Morgan fingerprint density at radius 3 is 2.54 bits per heavy atom. The third kappa shape index (κ3) is 3.25. The van der Waals surface area contributed by atoms with Crippen molar-refractivity contribution in [2.24, 2.45) is 0 Å². The number of anilines is 1. The van der Waals surface area contributed by atoms with E-state index >= 15 is 0 Å². The fraction of sp³-hybridized carbons (Fsp3) is 0.318. The Balaban J connectivity index is 1.46. The first-order valence-electron chi connectivity index (χ1n) is 9.17. The Labute approximate surface area is 153 Å². The summed E-state index contributed by atoms with van der Waals surface area (Å²) in [5, 5.41) is 0.983. The summed E-state index contributed by atoms with van der Waals surface area (Å²) >= 11 is 0. The number of nitrogens with zero attached hydrogens (tertiary/aromatic N) is 2. The van der Waals surface area contributed by atoms with Gasteiger partial charge in [-0.1, -0.05) is 30.3 Å². The van der Waals surface area contributed by atoms with Gasteiger partial charge in [-0.2, -0.15) is 0 Å². The minimum atomic E-state index is -0.222. The van der Waals surface area contributed by atoms with Gasteiger partial charge in [-0.25, -0.2) is 4.79 Å². The molecule has 0 amide bonds. The first-order chi connectivity index (χ1) is 12.6. The molecule has 0 unspecified atom stereocenters. The summed E-state index contributed by atoms with van der Waals surface area (Å²) in [6, 6.07) is 16.1. The molecular formula is C22H24N2O2. The molecule has 3 aromatic rings. The van der Waals surface area contributed by atoms with Gasteiger partial charge in [0.25, 0.3) is 0 Å². The highest BCUT2D eigenvalue weighted by atomic mass is 16.4. The number of rotatable bonds is 3. The first kappa shape index (κ1) is 16.9. The molecule has 26 heavy (non-hydrogen) atoms. The van der Waals surface area contributed by atoms with Crippen LogP contribution in [0.5, 0.6) is 0 Å². The molecule has 1 aliphatic heterocycles. The molecule has 0 bridgehead atoms. The molecular weight excluding hydrogens is 324 g/mol. The van der Waals surface area contributed by atoms with Crippen LogP contribution in [0, 0.1) is 13.8 Å². The normalized spacial score (nSPS) is 15.5. The number of para-hydroxylation sites is 1. The fourth-order valence-electron chi connectivity index (χ4n) is 3.68. The van der Waals surface area contributed by atoms with Gasteiger partial charge in [-0.05, 0) is 43.2 Å². The zero-order chi connectivity index (χ0) is 18.1. The molecule has 1 aliphatic rings. The van der Waals surface area contributed by atoms with Crippen LogP contribution in [-0.4, -0.2) is 31.1 Å². The lowest BCUT2D eigenvalue weighted by Crippen LogP contribution is -2.46. The highest BCUT2D eigenvalue weighted by Gasteiger charge is 2.20. The van der Waals surface area contributed by atoms with Crippen molar-refractivity contribution >= 4 is 16.7 Å². The van der Waals surface area contributed by atoms with Crippen molar-refractivity contribution in [2.45, 2.75) is 20.4 Å². The van der Waals surface area contributed by atoms with Crippen LogP contribution in [0.4, 0.5) is 5.69 Å². The maximum absolute atomic E-state index is 12.3. The summed E-state index contributed by atoms with van der Waals surface area (Å²) in [6.45, 7) is 8.84. The van der Waals surface area contributed by atoms with Crippen LogP contribution in [0.25, 0.3) is 11.0 Å². The number of benzene rings is 2. The molecule has 4 nitrogen and oxygen atoms in total. The highest BCUT2D eigenvalue weighted by Crippen LogP contribution is 2.24. The lowest BCUT2D eigenvalue weighted by molar-refractivity contribution is 0.247. The molecule has 1 saturated heterocycles. The van der Waals surface area contributed by atoms with Crippen LogP contribution < -0.4 is 10.5 Å². The van der Waals surface area contributed by atoms with Gasteiger partial charge in [0.15, 0.2) is 0 Å². The molecule has 0 atom stereocenters. The lowest BCUT2D eigenvalue weighted by atomic mass is 10.1. The zero-order valence-electron chi connectivity index (χ0n) is 15.4. The van der Waals surface area contributed by atoms with Crippen LogP contribution >= 0.6 is 0 Å². The van der Waals surface area contributed by atoms with Crippen molar-refractivity contribution in [2.75, 3.05) is 31.1 Å². The van der Waals surface area contributed by atoms with E-state index in [9.17, 15) is 4.79 Å². The Bertz CT molecular complexity index is 985. The summed E-state index contributed by atoms with van der Waals surface area (Å²) in [7, 11) is 0. The van der Waals surface area contributed by atoms with Gasteiger partial charge < -0.3 is 9.32 Å². The molecule has 0 N–H and O–H groups in total. The van der Waals surface area contributed by atoms with Gasteiger partial charge in [-0.3, -0.25) is 4.90 Å². The van der Waals surface area contributed by atoms with Gasteiger partial charge in [-0.15, -0.1) is 0 Å². The highest BCUT2D eigenvalue weighted by molar-refractivity contribution is 5.76. The average molecular weight is 348 g/mol. The molecule has 134 valence electrons. The summed E-state index contributed by atoms with van der Waals surface area (Å²) in [4.78, 5) is 17.1. The molecule has 4 heteroatoms. The van der Waals surface area contributed by atoms with Crippen molar-refractivity contribution in [1.82, 2.24) is 4.90 Å². The minimum Gasteiger partial charge on any atom is -0.422 e. The largest absolute Gasteiger partial charge is 0.422 e. The van der Waals surface area contributed by atoms with Gasteiger partial charge in [0.2, 0.25) is 0 Å². The molecule has 0 aliphatic carbocycles. The molecule has 4 rings (SSSR count). The van der Waals surface area contributed by atoms with Crippen molar-refractivity contribution in [3.8, 4) is 0 Å². The standard InChI is InChI=1S/C22H24N2O2/c1-16-6-5-8-20(17(16)2)24-12-10-23(11-13-24)15-19-14-18-7-3-4-9-21(18)26-22(19)25/h3-9,14H,10-13,15H2,1-2H3. The van der Waals surface area contributed by atoms with E-state index in [-0.39, 0.29) is 5.63 Å². The third-order valence-electron chi connectivity index (χ3n) is 5.40. The predicted octanol–water partition coefficient (Wildman–Crippen LogP) is 3.73. The van der Waals surface area contributed by atoms with E-state index in [0.29, 0.717) is 12.1 Å². The maximum atomic E-state index is 12.3. The second-order valence-electron chi connectivity index (χ2n) is 7.08. The summed E-state index contributed by atoms with van der Waals surface area (Å²) in [6.07, 6.45) is 0. The SMILES string of the molecule is Cc1cccc(N2CCN(Cc3cc4ccccc4oc3=O)CC2)c1C. The Hall–Kier alpha value is -2.59. The van der Waals surface area contributed by atoms with Crippen LogP contribution in [-0.2, 0) is 6.54 Å². The molecule has 1 fully saturated rings. The van der Waals surface area contributed by atoms with Gasteiger partial charge in [0, 0.05) is 43.8 Å². The van der Waals surface area contributed by atoms with Gasteiger partial charge >= 0.3 is 5.63 Å². The predicted molar refractivity (Wildman–Crippen MR) is 106 cm³/mol. The van der Waals surface area contributed by atoms with E-state index in [2.05, 4.69) is 41.8 Å². The Morgan fingerprint density at radius 1 is 0.962 bits per heavy atom. The van der Waals surface area contributed by atoms with Crippen molar-refractivity contribution in [3.05, 3.63) is 75.6 Å². The van der Waals surface area contributed by atoms with Crippen molar-refractivity contribution in [3.63, 3.8) is 0 Å². The number of aryl methyl sites for hydroxylation is 1. The molecule has 2 aromatic carbocycles. The van der Waals surface area contributed by atoms with E-state index in [1.807, 2.05) is 30.3 Å². The topological polar surface area (TPSA) is 36.7 Å². The van der Waals surface area contributed by atoms with Crippen LogP contribution in [0.15, 0.2) is 57.7 Å². The summed E-state index contributed by atoms with van der Waals surface area (Å²) in [5.74, 6) is 0. The second-order valence-corrected chi connectivity index (χ2v) is 7.08. The molecule has 2 heterocycles. The first-order valence-corrected chi connectivity index (χ1v) is 9.17. The lowest BCUT2D eigenvalue weighted by Gasteiger charge is -2.37. The van der Waals surface area contributed by atoms with E-state index < -0.39 is 0 Å². The summed E-state index contributed by atoms with van der Waals surface area (Å²) < 4.78 is 5.46. The molecule has 0 radical (unpaired) electrons. The number of hydrogen-bond acceptors (Lipinski definition) is 4. The molecule has 0 saturated carbocycles. The maximum Gasteiger partial charge on any atom is 0.340 e. The Morgan fingerprint density at radius 2 is 1.73 bits per heavy atom. The minimum absolute atomic E-state index is 0.222. The summed E-state index contributed by atoms with van der Waals surface area (Å²) in [5.41, 5.74) is 5.19. The molecule has 1 aromatic heterocycles. The van der Waals surface area contributed by atoms with Crippen LogP contribution in [0.3, 0.4) is 0 Å². The number of piperazine rings is 1. The van der Waals surface area contributed by atoms with E-state index in [1.165, 1.54) is 16.8 Å². The Kier molecular flexibility index (Phi) is 4.51. The number of fused-ring (bicyclic) bond motifs is 1. The van der Waals surface area contributed by atoms with E-state index in [4.69, 9.17) is 4.42 Å². The van der Waals surface area contributed by atoms with Crippen LogP contribution in [0.1, 0.15) is 16.7 Å². The second kappa shape index (κ2) is 6.96. The third-order valence-corrected chi connectivity index (χ3v) is 5.40. The average Bonchev–Trinajstić information content (AvgIpc) is 2.65. The number of hydrogen-bond donors (Lipinski definition) is 0. The molecule has 0 spiro atoms. The van der Waals surface area contributed by atoms with Crippen molar-refractivity contribution in [1.29, 1.82) is 0 Å². The smallest absolute Gasteiger partial charge is 0.340 e. The van der Waals surface area contributed by atoms with Crippen LogP contribution in [0.2, 0.25) is 0 Å². The quantitative estimate of drug-likeness (QED) is 0.676. The van der Waals surface area contributed by atoms with E-state index in [1.54, 1.807) is 0 Å². The fourth-order valence-corrected chi connectivity index (χ4v) is 3.68. The van der Waals surface area contributed by atoms with E-state index in [0.717, 1.165) is 37.1 Å². The van der Waals surface area contributed by atoms with Crippen molar-refractivity contribution < 1.29 is 4.42 Å². The monoisotopic (exact) mass is 348 g/mol. The zero-order valence-corrected chi connectivity index (χ0v) is 15.4. The van der Waals surface area contributed by atoms with Gasteiger partial charge in [0.05, 0.1) is 5.56 Å².